The Hall–Kier alpha value is -1.78. The fourth-order valence-corrected chi connectivity index (χ4v) is 8.98. The normalized spacial score (nSPS) is 17.5. The number of aliphatic carboxylic acids is 1. The summed E-state index contributed by atoms with van der Waals surface area (Å²) in [5.41, 5.74) is 5.94. The smallest absolute Gasteiger partial charge is 0.548 e. The number of hydrogen-bond donors (Lipinski definition) is 0. The van der Waals surface area contributed by atoms with Crippen LogP contribution in [-0.2, 0) is 9.59 Å². The zero-order valence-electron chi connectivity index (χ0n) is 31.4. The Kier molecular flexibility index (Phi) is 19.2. The number of thioether (sulfide) groups is 1. The Bertz CT molecular complexity index is 1600. The van der Waals surface area contributed by atoms with Gasteiger partial charge in [0.15, 0.2) is 0 Å². The molecule has 2 aliphatic heterocycles. The van der Waals surface area contributed by atoms with Gasteiger partial charge in [-0.3, -0.25) is 9.69 Å². The molecule has 0 radical (unpaired) electrons. The number of unbranched alkanes of at least 4 members (excludes halogenated alkanes) is 15. The zero-order chi connectivity index (χ0) is 35.8. The summed E-state index contributed by atoms with van der Waals surface area (Å²) < 4.78 is 0.243. The molecule has 0 bridgehead atoms. The molecule has 272 valence electrons. The minimum absolute atomic E-state index is 0. The molecule has 1 fully saturated rings. The zero-order valence-corrected chi connectivity index (χ0v) is 36.2. The van der Waals surface area contributed by atoms with E-state index in [9.17, 15) is 14.7 Å². The maximum absolute atomic E-state index is 13.0. The minimum atomic E-state index is -1.33. The van der Waals surface area contributed by atoms with E-state index in [0.29, 0.717) is 4.91 Å². The summed E-state index contributed by atoms with van der Waals surface area (Å²) in [6.07, 6.45) is 23.6. The van der Waals surface area contributed by atoms with Gasteiger partial charge >= 0.3 is 51.4 Å². The van der Waals surface area contributed by atoms with Crippen LogP contribution in [-0.4, -0.2) is 34.2 Å². The first kappa shape index (κ1) is 43.0. The molecule has 0 N–H and O–H groups in total. The van der Waals surface area contributed by atoms with E-state index >= 15 is 0 Å². The molecule has 2 atom stereocenters. The van der Waals surface area contributed by atoms with Gasteiger partial charge in [-0.2, -0.15) is 0 Å². The van der Waals surface area contributed by atoms with E-state index in [1.165, 1.54) is 119 Å². The molecule has 3 aromatic carbocycles. The summed E-state index contributed by atoms with van der Waals surface area (Å²) in [6.45, 7) is 2.73. The van der Waals surface area contributed by atoms with E-state index in [-0.39, 0.29) is 73.6 Å². The van der Waals surface area contributed by atoms with E-state index in [1.54, 1.807) is 0 Å². The molecule has 0 spiro atoms. The van der Waals surface area contributed by atoms with Crippen LogP contribution in [0.15, 0.2) is 83.8 Å². The van der Waals surface area contributed by atoms with Crippen LogP contribution in [0.2, 0.25) is 0 Å². The van der Waals surface area contributed by atoms with Crippen molar-refractivity contribution in [3.63, 3.8) is 0 Å². The number of carboxylic acids is 1. The molecule has 0 aliphatic carbocycles. The molecule has 2 aliphatic rings. The minimum Gasteiger partial charge on any atom is -0.548 e. The standard InChI is InChI=1S/C44H56N2O3S2.K/c1-2-3-4-5-6-7-8-9-10-11-12-13-14-15-16-23-30-45-38-29-28-34(32-39-43(49)46(33-40(47)48)44(50)51-39)31-37(38)41(35-24-19-17-20-25-35)42(45)36-26-21-18-22-27-36;/h17-22,24-29,31-32,41-42H,2-16,23,30,33H2,1H3,(H,47,48);/q;+1/p-1/b39-32-;. The van der Waals surface area contributed by atoms with Gasteiger partial charge in [-0.05, 0) is 46.9 Å². The van der Waals surface area contributed by atoms with Crippen molar-refractivity contribution in [2.24, 2.45) is 0 Å². The number of thiocarbonyl (C=S) groups is 1. The molecule has 1 amide bonds. The molecule has 2 unspecified atom stereocenters. The van der Waals surface area contributed by atoms with Crippen LogP contribution in [0.4, 0.5) is 5.69 Å². The summed E-state index contributed by atoms with van der Waals surface area (Å²) in [4.78, 5) is 28.4. The largest absolute Gasteiger partial charge is 1.00 e. The van der Waals surface area contributed by atoms with Crippen molar-refractivity contribution in [3.8, 4) is 0 Å². The number of fused-ring (bicyclic) bond motifs is 1. The van der Waals surface area contributed by atoms with Crippen molar-refractivity contribution in [2.45, 2.75) is 122 Å². The Labute approximate surface area is 364 Å². The van der Waals surface area contributed by atoms with Crippen molar-refractivity contribution in [3.05, 3.63) is 106 Å². The van der Waals surface area contributed by atoms with Crippen molar-refractivity contribution < 1.29 is 66.1 Å². The number of carboxylic acid groups (broad SMARTS) is 1. The van der Waals surface area contributed by atoms with Gasteiger partial charge in [0.2, 0.25) is 0 Å². The fraction of sp³-hybridized carbons (Fsp3) is 0.477. The summed E-state index contributed by atoms with van der Waals surface area (Å²) in [6, 6.07) is 28.2. The fourth-order valence-electron chi connectivity index (χ4n) is 7.72. The van der Waals surface area contributed by atoms with Crippen LogP contribution >= 0.6 is 24.0 Å². The molecule has 8 heteroatoms. The monoisotopic (exact) mass is 762 g/mol. The van der Waals surface area contributed by atoms with Crippen molar-refractivity contribution >= 4 is 51.9 Å². The summed E-state index contributed by atoms with van der Waals surface area (Å²) >= 11 is 6.46. The number of anilines is 1. The average Bonchev–Trinajstić information content (AvgIpc) is 3.60. The summed E-state index contributed by atoms with van der Waals surface area (Å²) in [5, 5.41) is 11.2. The van der Waals surface area contributed by atoms with Crippen LogP contribution in [0.1, 0.15) is 144 Å². The molecule has 5 rings (SSSR count). The Morgan fingerprint density at radius 1 is 0.750 bits per heavy atom. The molecule has 2 heterocycles. The number of hydrogen-bond acceptors (Lipinski definition) is 6. The van der Waals surface area contributed by atoms with Crippen molar-refractivity contribution in [1.29, 1.82) is 0 Å². The number of carbonyl (C=O) groups is 2. The van der Waals surface area contributed by atoms with E-state index < -0.39 is 12.5 Å². The molecule has 1 saturated heterocycles. The first-order valence-electron chi connectivity index (χ1n) is 19.4. The van der Waals surface area contributed by atoms with Gasteiger partial charge in [0, 0.05) is 18.2 Å². The second kappa shape index (κ2) is 23.2. The molecule has 52 heavy (non-hydrogen) atoms. The third kappa shape index (κ3) is 12.4. The van der Waals surface area contributed by atoms with Gasteiger partial charge in [-0.25, -0.2) is 0 Å². The first-order valence-corrected chi connectivity index (χ1v) is 20.7. The van der Waals surface area contributed by atoms with Gasteiger partial charge in [0.1, 0.15) is 4.32 Å². The second-order valence-electron chi connectivity index (χ2n) is 14.2. The van der Waals surface area contributed by atoms with Crippen LogP contribution in [0.5, 0.6) is 0 Å². The quantitative estimate of drug-likeness (QED) is 0.0455. The van der Waals surface area contributed by atoms with Gasteiger partial charge in [-0.1, -0.05) is 194 Å². The van der Waals surface area contributed by atoms with Crippen LogP contribution in [0.3, 0.4) is 0 Å². The predicted octanol–water partition coefficient (Wildman–Crippen LogP) is 7.60. The Morgan fingerprint density at radius 2 is 1.27 bits per heavy atom. The van der Waals surface area contributed by atoms with Crippen LogP contribution in [0, 0.1) is 0 Å². The molecule has 0 saturated carbocycles. The number of rotatable bonds is 22. The molecule has 3 aromatic rings. The maximum Gasteiger partial charge on any atom is 1.00 e. The number of nitrogens with zero attached hydrogens (tertiary/aromatic N) is 2. The topological polar surface area (TPSA) is 63.7 Å². The molecule has 5 nitrogen and oxygen atoms in total. The van der Waals surface area contributed by atoms with Gasteiger partial charge in [0.25, 0.3) is 5.91 Å². The number of benzene rings is 3. The van der Waals surface area contributed by atoms with Crippen LogP contribution in [0.25, 0.3) is 6.08 Å². The molecular formula is C44H55KN2O3S2. The van der Waals surface area contributed by atoms with Gasteiger partial charge in [-0.15, -0.1) is 0 Å². The maximum atomic E-state index is 13.0. The first-order chi connectivity index (χ1) is 25.0. The Balaban J connectivity index is 0.00000605. The average molecular weight is 763 g/mol. The molecular weight excluding hydrogens is 708 g/mol. The van der Waals surface area contributed by atoms with Crippen LogP contribution < -0.4 is 61.4 Å². The van der Waals surface area contributed by atoms with E-state index in [4.69, 9.17) is 12.2 Å². The SMILES string of the molecule is CCCCCCCCCCCCCCCCCCN1c2ccc(/C=C3\SC(=S)N(CC(=O)[O-])C3=O)cc2C(c2ccccc2)C1c1ccccc1.[K+]. The van der Waals surface area contributed by atoms with E-state index in [1.807, 2.05) is 6.08 Å². The van der Waals surface area contributed by atoms with E-state index in [2.05, 4.69) is 90.7 Å². The summed E-state index contributed by atoms with van der Waals surface area (Å²) in [5.74, 6) is -1.60. The van der Waals surface area contributed by atoms with Gasteiger partial charge in [0.05, 0.1) is 23.5 Å². The third-order valence-electron chi connectivity index (χ3n) is 10.4. The third-order valence-corrected chi connectivity index (χ3v) is 11.7. The van der Waals surface area contributed by atoms with Gasteiger partial charge < -0.3 is 14.8 Å². The van der Waals surface area contributed by atoms with Crippen molar-refractivity contribution in [2.75, 3.05) is 18.0 Å². The number of carbonyl (C=O) groups excluding carboxylic acids is 2. The second-order valence-corrected chi connectivity index (χ2v) is 15.9. The Morgan fingerprint density at radius 3 is 1.81 bits per heavy atom. The summed E-state index contributed by atoms with van der Waals surface area (Å²) in [7, 11) is 0. The van der Waals surface area contributed by atoms with Crippen molar-refractivity contribution in [1.82, 2.24) is 4.90 Å². The van der Waals surface area contributed by atoms with E-state index in [0.717, 1.165) is 35.2 Å². The molecule has 0 aromatic heterocycles. The predicted molar refractivity (Wildman–Crippen MR) is 216 cm³/mol. The number of amides is 1.